The Hall–Kier alpha value is -3.13. The van der Waals surface area contributed by atoms with Crippen LogP contribution in [-0.2, 0) is 0 Å². The summed E-state index contributed by atoms with van der Waals surface area (Å²) in [5.74, 6) is 2.18. The van der Waals surface area contributed by atoms with E-state index in [1.807, 2.05) is 43.7 Å². The zero-order valence-corrected chi connectivity index (χ0v) is 18.5. The molecule has 8 nitrogen and oxygen atoms in total. The quantitative estimate of drug-likeness (QED) is 0.685. The number of hydrogen-bond donors (Lipinski definition) is 1. The molecule has 4 rings (SSSR count). The minimum atomic E-state index is 0. The van der Waals surface area contributed by atoms with E-state index in [1.54, 1.807) is 25.8 Å². The third-order valence-corrected chi connectivity index (χ3v) is 4.97. The molecule has 3 heterocycles. The lowest BCUT2D eigenvalue weighted by atomic mass is 10.2. The first-order valence-corrected chi connectivity index (χ1v) is 10.3. The minimum Gasteiger partial charge on any atom is -0.495 e. The summed E-state index contributed by atoms with van der Waals surface area (Å²) in [7, 11) is 3.86. The highest BCUT2D eigenvalue weighted by molar-refractivity contribution is 5.67. The molecule has 0 aliphatic carbocycles. The van der Waals surface area contributed by atoms with Crippen molar-refractivity contribution in [2.24, 2.45) is 0 Å². The Bertz CT molecular complexity index is 941. The van der Waals surface area contributed by atoms with Gasteiger partial charge in [-0.3, -0.25) is 4.57 Å². The molecule has 0 amide bonds. The lowest BCUT2D eigenvalue weighted by Crippen LogP contribution is -2.44. The number of imidazole rings is 1. The van der Waals surface area contributed by atoms with E-state index < -0.39 is 0 Å². The fourth-order valence-corrected chi connectivity index (χ4v) is 3.33. The molecule has 30 heavy (non-hydrogen) atoms. The molecule has 0 radical (unpaired) electrons. The summed E-state index contributed by atoms with van der Waals surface area (Å²) < 4.78 is 7.53. The first-order chi connectivity index (χ1) is 14.6. The Balaban J connectivity index is 0.00000111. The minimum absolute atomic E-state index is 0. The molecular formula is C22H33N7O. The topological polar surface area (TPSA) is 71.3 Å². The fourth-order valence-electron chi connectivity index (χ4n) is 3.33. The number of nitrogens with zero attached hydrogens (tertiary/aromatic N) is 6. The summed E-state index contributed by atoms with van der Waals surface area (Å²) in [5, 5.41) is 3.28. The van der Waals surface area contributed by atoms with Crippen LogP contribution < -0.4 is 15.0 Å². The van der Waals surface area contributed by atoms with Gasteiger partial charge in [-0.25, -0.2) is 9.97 Å². The van der Waals surface area contributed by atoms with Gasteiger partial charge in [0.15, 0.2) is 0 Å². The summed E-state index contributed by atoms with van der Waals surface area (Å²) in [6.45, 7) is 10.1. The average molecular weight is 412 g/mol. The van der Waals surface area contributed by atoms with E-state index in [1.165, 1.54) is 0 Å². The van der Waals surface area contributed by atoms with E-state index >= 15 is 0 Å². The number of piperazine rings is 1. The van der Waals surface area contributed by atoms with Crippen molar-refractivity contribution in [3.8, 4) is 11.6 Å². The van der Waals surface area contributed by atoms with Crippen LogP contribution in [0.15, 0.2) is 43.1 Å². The molecule has 0 unspecified atom stereocenters. The van der Waals surface area contributed by atoms with Gasteiger partial charge in [0.25, 0.3) is 0 Å². The summed E-state index contributed by atoms with van der Waals surface area (Å²) in [6, 6.07) is 6.13. The van der Waals surface area contributed by atoms with Crippen molar-refractivity contribution in [1.82, 2.24) is 24.4 Å². The summed E-state index contributed by atoms with van der Waals surface area (Å²) in [4.78, 5) is 17.8. The van der Waals surface area contributed by atoms with Gasteiger partial charge in [-0.2, -0.15) is 4.98 Å². The monoisotopic (exact) mass is 411 g/mol. The van der Waals surface area contributed by atoms with Gasteiger partial charge >= 0.3 is 0 Å². The van der Waals surface area contributed by atoms with Crippen LogP contribution in [0.2, 0.25) is 0 Å². The molecule has 2 aromatic heterocycles. The maximum atomic E-state index is 5.66. The predicted octanol–water partition coefficient (Wildman–Crippen LogP) is 3.75. The van der Waals surface area contributed by atoms with Crippen molar-refractivity contribution in [3.63, 3.8) is 0 Å². The molecule has 1 aliphatic rings. The number of methoxy groups -OCH3 is 1. The SMILES string of the molecule is CC.COc1cc(Nc2ncc(C)c(-n3ccnc3)n2)ccc1N1CCN(C)CC1.[HH]. The molecule has 1 fully saturated rings. The lowest BCUT2D eigenvalue weighted by Gasteiger charge is -2.34. The van der Waals surface area contributed by atoms with Gasteiger partial charge in [0, 0.05) is 63.5 Å². The first kappa shape index (κ1) is 21.6. The lowest BCUT2D eigenvalue weighted by molar-refractivity contribution is 0.311. The van der Waals surface area contributed by atoms with Crippen LogP contribution in [0.3, 0.4) is 0 Å². The van der Waals surface area contributed by atoms with Crippen molar-refractivity contribution < 1.29 is 6.16 Å². The van der Waals surface area contributed by atoms with E-state index in [0.717, 1.165) is 54.7 Å². The standard InChI is InChI=1S/C20H25N7O.C2H6.H2/c1-15-13-22-20(24-19(15)27-7-6-21-14-27)23-16-4-5-17(18(12-16)28-3)26-10-8-25(2)9-11-26;1-2;/h4-7,12-14H,8-11H2,1-3H3,(H,22,23,24);1-2H3;1H. The van der Waals surface area contributed by atoms with Crippen molar-refractivity contribution >= 4 is 17.3 Å². The van der Waals surface area contributed by atoms with Crippen molar-refractivity contribution in [2.45, 2.75) is 20.8 Å². The van der Waals surface area contributed by atoms with E-state index in [0.29, 0.717) is 5.95 Å². The number of anilines is 3. The van der Waals surface area contributed by atoms with Gasteiger partial charge in [0.1, 0.15) is 17.9 Å². The van der Waals surface area contributed by atoms with Gasteiger partial charge in [-0.05, 0) is 26.1 Å². The molecule has 8 heteroatoms. The summed E-state index contributed by atoms with van der Waals surface area (Å²) in [6.07, 6.45) is 7.14. The van der Waals surface area contributed by atoms with E-state index in [-0.39, 0.29) is 1.43 Å². The van der Waals surface area contributed by atoms with Gasteiger partial charge in [-0.1, -0.05) is 13.8 Å². The summed E-state index contributed by atoms with van der Waals surface area (Å²) in [5.41, 5.74) is 2.98. The van der Waals surface area contributed by atoms with Crippen LogP contribution in [-0.4, -0.2) is 64.8 Å². The Labute approximate surface area is 180 Å². The molecule has 0 spiro atoms. The molecule has 1 aliphatic heterocycles. The molecule has 162 valence electrons. The van der Waals surface area contributed by atoms with Gasteiger partial charge in [0.05, 0.1) is 12.8 Å². The smallest absolute Gasteiger partial charge is 0.229 e. The number of likely N-dealkylation sites (N-methyl/N-ethyl adjacent to an activating group) is 1. The first-order valence-electron chi connectivity index (χ1n) is 10.3. The maximum Gasteiger partial charge on any atom is 0.229 e. The van der Waals surface area contributed by atoms with Crippen LogP contribution in [0.5, 0.6) is 5.75 Å². The Kier molecular flexibility index (Phi) is 7.24. The van der Waals surface area contributed by atoms with Crippen LogP contribution in [0.4, 0.5) is 17.3 Å². The van der Waals surface area contributed by atoms with E-state index in [9.17, 15) is 0 Å². The Morgan fingerprint density at radius 3 is 2.57 bits per heavy atom. The second-order valence-electron chi connectivity index (χ2n) is 6.97. The third kappa shape index (κ3) is 4.88. The number of nitrogens with one attached hydrogen (secondary N) is 1. The molecule has 0 saturated carbocycles. The largest absolute Gasteiger partial charge is 0.495 e. The molecule has 0 bridgehead atoms. The Morgan fingerprint density at radius 1 is 1.13 bits per heavy atom. The van der Waals surface area contributed by atoms with Crippen LogP contribution in [0.25, 0.3) is 5.82 Å². The fraction of sp³-hybridized carbons (Fsp3) is 0.409. The highest BCUT2D eigenvalue weighted by Gasteiger charge is 2.18. The van der Waals surface area contributed by atoms with Crippen LogP contribution >= 0.6 is 0 Å². The van der Waals surface area contributed by atoms with Crippen molar-refractivity contribution in [2.75, 3.05) is 50.6 Å². The zero-order chi connectivity index (χ0) is 21.5. The summed E-state index contributed by atoms with van der Waals surface area (Å²) >= 11 is 0. The maximum absolute atomic E-state index is 5.66. The van der Waals surface area contributed by atoms with Gasteiger partial charge in [0.2, 0.25) is 5.95 Å². The van der Waals surface area contributed by atoms with Crippen molar-refractivity contribution in [3.05, 3.63) is 48.7 Å². The molecule has 1 saturated heterocycles. The van der Waals surface area contributed by atoms with Crippen molar-refractivity contribution in [1.29, 1.82) is 0 Å². The Morgan fingerprint density at radius 2 is 1.90 bits per heavy atom. The van der Waals surface area contributed by atoms with Gasteiger partial charge in [-0.15, -0.1) is 0 Å². The molecule has 3 aromatic rings. The third-order valence-electron chi connectivity index (χ3n) is 4.97. The highest BCUT2D eigenvalue weighted by atomic mass is 16.5. The molecule has 0 atom stereocenters. The molecule has 1 aromatic carbocycles. The number of aromatic nitrogens is 4. The number of rotatable bonds is 5. The second-order valence-corrected chi connectivity index (χ2v) is 6.97. The van der Waals surface area contributed by atoms with Crippen LogP contribution in [0, 0.1) is 6.92 Å². The predicted molar refractivity (Wildman–Crippen MR) is 123 cm³/mol. The van der Waals surface area contributed by atoms with Crippen LogP contribution in [0.1, 0.15) is 20.8 Å². The second kappa shape index (κ2) is 10.1. The van der Waals surface area contributed by atoms with E-state index in [2.05, 4.69) is 43.2 Å². The normalized spacial score (nSPS) is 14.1. The van der Waals surface area contributed by atoms with E-state index in [4.69, 9.17) is 4.74 Å². The number of ether oxygens (including phenoxy) is 1. The number of aryl methyl sites for hydroxylation is 1. The molecule has 1 N–H and O–H groups in total. The number of hydrogen-bond acceptors (Lipinski definition) is 7. The highest BCUT2D eigenvalue weighted by Crippen LogP contribution is 2.32. The zero-order valence-electron chi connectivity index (χ0n) is 18.5. The van der Waals surface area contributed by atoms with Gasteiger partial charge < -0.3 is 19.9 Å². The molecular weight excluding hydrogens is 378 g/mol. The number of benzene rings is 1. The average Bonchev–Trinajstić information content (AvgIpc) is 3.32.